The van der Waals surface area contributed by atoms with Gasteiger partial charge in [-0.1, -0.05) is 12.1 Å². The Morgan fingerprint density at radius 1 is 1.05 bits per heavy atom. The molecule has 0 saturated heterocycles. The molecule has 0 unspecified atom stereocenters. The lowest BCUT2D eigenvalue weighted by Gasteiger charge is -2.12. The lowest BCUT2D eigenvalue weighted by Crippen LogP contribution is -2.09. The van der Waals surface area contributed by atoms with Gasteiger partial charge in [0.05, 0.1) is 6.10 Å². The van der Waals surface area contributed by atoms with Crippen molar-refractivity contribution in [2.75, 3.05) is 19.0 Å². The first-order chi connectivity index (χ1) is 10.1. The van der Waals surface area contributed by atoms with Gasteiger partial charge in [0, 0.05) is 30.9 Å². The predicted octanol–water partition coefficient (Wildman–Crippen LogP) is 3.52. The van der Waals surface area contributed by atoms with Crippen LogP contribution in [0.2, 0.25) is 0 Å². The molecule has 1 aliphatic carbocycles. The van der Waals surface area contributed by atoms with Gasteiger partial charge in [-0.3, -0.25) is 4.79 Å². The van der Waals surface area contributed by atoms with Crippen molar-refractivity contribution in [3.05, 3.63) is 59.7 Å². The van der Waals surface area contributed by atoms with Crippen LogP contribution in [0, 0.1) is 0 Å². The number of anilines is 1. The van der Waals surface area contributed by atoms with Gasteiger partial charge in [-0.25, -0.2) is 0 Å². The van der Waals surface area contributed by atoms with Crippen molar-refractivity contribution in [3.8, 4) is 5.75 Å². The van der Waals surface area contributed by atoms with Crippen molar-refractivity contribution >= 4 is 11.5 Å². The van der Waals surface area contributed by atoms with Crippen LogP contribution in [-0.2, 0) is 0 Å². The summed E-state index contributed by atoms with van der Waals surface area (Å²) in [6.45, 7) is 0. The maximum absolute atomic E-state index is 12.5. The number of nitrogens with zero attached hydrogens (tertiary/aromatic N) is 1. The number of benzene rings is 2. The number of rotatable bonds is 5. The summed E-state index contributed by atoms with van der Waals surface area (Å²) in [5.41, 5.74) is 2.45. The largest absolute Gasteiger partial charge is 0.490 e. The zero-order valence-electron chi connectivity index (χ0n) is 12.4. The highest BCUT2D eigenvalue weighted by molar-refractivity contribution is 6.09. The normalized spacial score (nSPS) is 13.8. The van der Waals surface area contributed by atoms with Crippen LogP contribution in [-0.4, -0.2) is 26.0 Å². The molecular formula is C18H19NO2. The van der Waals surface area contributed by atoms with Crippen LogP contribution in [0.3, 0.4) is 0 Å². The van der Waals surface area contributed by atoms with Gasteiger partial charge >= 0.3 is 0 Å². The third-order valence-electron chi connectivity index (χ3n) is 3.57. The Kier molecular flexibility index (Phi) is 3.65. The van der Waals surface area contributed by atoms with E-state index in [0.29, 0.717) is 17.2 Å². The van der Waals surface area contributed by atoms with E-state index >= 15 is 0 Å². The number of carbonyl (C=O) groups excluding carboxylic acids is 1. The maximum atomic E-state index is 12.5. The molecule has 0 atom stereocenters. The second-order valence-corrected chi connectivity index (χ2v) is 5.62. The fourth-order valence-corrected chi connectivity index (χ4v) is 2.17. The summed E-state index contributed by atoms with van der Waals surface area (Å²) in [6.07, 6.45) is 2.57. The highest BCUT2D eigenvalue weighted by Gasteiger charge is 2.23. The maximum Gasteiger partial charge on any atom is 0.193 e. The third kappa shape index (κ3) is 3.24. The van der Waals surface area contributed by atoms with Crippen molar-refractivity contribution in [3.63, 3.8) is 0 Å². The van der Waals surface area contributed by atoms with E-state index in [4.69, 9.17) is 4.74 Å². The second-order valence-electron chi connectivity index (χ2n) is 5.62. The van der Waals surface area contributed by atoms with E-state index in [1.165, 1.54) is 0 Å². The molecule has 1 fully saturated rings. The average molecular weight is 281 g/mol. The van der Waals surface area contributed by atoms with Crippen molar-refractivity contribution in [2.24, 2.45) is 0 Å². The van der Waals surface area contributed by atoms with E-state index in [9.17, 15) is 4.79 Å². The summed E-state index contributed by atoms with van der Waals surface area (Å²) >= 11 is 0. The molecule has 0 N–H and O–H groups in total. The van der Waals surface area contributed by atoms with Crippen molar-refractivity contribution in [2.45, 2.75) is 18.9 Å². The summed E-state index contributed by atoms with van der Waals surface area (Å²) in [5, 5.41) is 0. The van der Waals surface area contributed by atoms with Crippen LogP contribution in [0.4, 0.5) is 5.69 Å². The molecule has 0 aromatic heterocycles. The molecule has 0 radical (unpaired) electrons. The lowest BCUT2D eigenvalue weighted by atomic mass is 10.0. The molecule has 0 spiro atoms. The van der Waals surface area contributed by atoms with E-state index in [2.05, 4.69) is 0 Å². The minimum Gasteiger partial charge on any atom is -0.490 e. The highest BCUT2D eigenvalue weighted by Crippen LogP contribution is 2.27. The predicted molar refractivity (Wildman–Crippen MR) is 84.3 cm³/mol. The van der Waals surface area contributed by atoms with E-state index in [1.807, 2.05) is 67.5 Å². The van der Waals surface area contributed by atoms with Crippen LogP contribution in [0.25, 0.3) is 0 Å². The summed E-state index contributed by atoms with van der Waals surface area (Å²) < 4.78 is 5.74. The second kappa shape index (κ2) is 5.60. The van der Waals surface area contributed by atoms with Gasteiger partial charge in [0.25, 0.3) is 0 Å². The van der Waals surface area contributed by atoms with Crippen LogP contribution in [0.5, 0.6) is 5.75 Å². The Bertz CT molecular complexity index is 643. The van der Waals surface area contributed by atoms with Gasteiger partial charge < -0.3 is 9.64 Å². The van der Waals surface area contributed by atoms with Gasteiger partial charge in [0.2, 0.25) is 0 Å². The molecule has 0 heterocycles. The van der Waals surface area contributed by atoms with Gasteiger partial charge in [-0.05, 0) is 49.2 Å². The molecule has 1 saturated carbocycles. The minimum absolute atomic E-state index is 0.0292. The first kappa shape index (κ1) is 13.7. The Morgan fingerprint density at radius 2 is 1.76 bits per heavy atom. The monoisotopic (exact) mass is 281 g/mol. The van der Waals surface area contributed by atoms with E-state index in [1.54, 1.807) is 0 Å². The topological polar surface area (TPSA) is 29.5 Å². The Labute approximate surface area is 125 Å². The van der Waals surface area contributed by atoms with E-state index < -0.39 is 0 Å². The van der Waals surface area contributed by atoms with E-state index in [0.717, 1.165) is 24.3 Å². The molecule has 108 valence electrons. The van der Waals surface area contributed by atoms with Crippen LogP contribution < -0.4 is 9.64 Å². The fourth-order valence-electron chi connectivity index (χ4n) is 2.17. The van der Waals surface area contributed by atoms with Crippen molar-refractivity contribution in [1.29, 1.82) is 0 Å². The standard InChI is InChI=1S/C18H19NO2/c1-19(2)15-8-6-13(7-9-15)18(20)14-4-3-5-17(12-14)21-16-10-11-16/h3-9,12,16H,10-11H2,1-2H3. The van der Waals surface area contributed by atoms with Crippen molar-refractivity contribution < 1.29 is 9.53 Å². The molecule has 3 nitrogen and oxygen atoms in total. The summed E-state index contributed by atoms with van der Waals surface area (Å²) in [4.78, 5) is 14.5. The molecule has 21 heavy (non-hydrogen) atoms. The molecule has 0 aliphatic heterocycles. The quantitative estimate of drug-likeness (QED) is 0.785. The minimum atomic E-state index is 0.0292. The first-order valence-electron chi connectivity index (χ1n) is 7.22. The summed E-state index contributed by atoms with van der Waals surface area (Å²) in [5.74, 6) is 0.815. The van der Waals surface area contributed by atoms with Gasteiger partial charge in [0.15, 0.2) is 5.78 Å². The Hall–Kier alpha value is -2.29. The molecule has 3 heteroatoms. The number of ketones is 1. The number of ether oxygens (including phenoxy) is 1. The Balaban J connectivity index is 1.80. The van der Waals surface area contributed by atoms with Gasteiger partial charge in [-0.15, -0.1) is 0 Å². The van der Waals surface area contributed by atoms with E-state index in [-0.39, 0.29) is 5.78 Å². The number of hydrogen-bond acceptors (Lipinski definition) is 3. The zero-order valence-corrected chi connectivity index (χ0v) is 12.4. The molecular weight excluding hydrogens is 262 g/mol. The zero-order chi connectivity index (χ0) is 14.8. The van der Waals surface area contributed by atoms with Gasteiger partial charge in [0.1, 0.15) is 5.75 Å². The summed E-state index contributed by atoms with van der Waals surface area (Å²) in [6, 6.07) is 15.1. The van der Waals surface area contributed by atoms with Crippen LogP contribution in [0.15, 0.2) is 48.5 Å². The Morgan fingerprint density at radius 3 is 2.38 bits per heavy atom. The number of hydrogen-bond donors (Lipinski definition) is 0. The third-order valence-corrected chi connectivity index (χ3v) is 3.57. The SMILES string of the molecule is CN(C)c1ccc(C(=O)c2cccc(OC3CC3)c2)cc1. The van der Waals surface area contributed by atoms with Crippen molar-refractivity contribution in [1.82, 2.24) is 0 Å². The van der Waals surface area contributed by atoms with Gasteiger partial charge in [-0.2, -0.15) is 0 Å². The number of carbonyl (C=O) groups is 1. The van der Waals surface area contributed by atoms with Crippen LogP contribution >= 0.6 is 0 Å². The fraction of sp³-hybridized carbons (Fsp3) is 0.278. The molecule has 1 aliphatic rings. The molecule has 0 bridgehead atoms. The lowest BCUT2D eigenvalue weighted by molar-refractivity contribution is 0.103. The molecule has 2 aromatic rings. The highest BCUT2D eigenvalue weighted by atomic mass is 16.5. The molecule has 3 rings (SSSR count). The first-order valence-corrected chi connectivity index (χ1v) is 7.22. The molecule has 2 aromatic carbocycles. The smallest absolute Gasteiger partial charge is 0.193 e. The van der Waals surface area contributed by atoms with Crippen LogP contribution in [0.1, 0.15) is 28.8 Å². The molecule has 0 amide bonds. The average Bonchev–Trinajstić information content (AvgIpc) is 3.31. The summed E-state index contributed by atoms with van der Waals surface area (Å²) in [7, 11) is 3.96.